The quantitative estimate of drug-likeness (QED) is 0.408. The van der Waals surface area contributed by atoms with Crippen molar-refractivity contribution in [1.29, 1.82) is 0 Å². The number of halogens is 4. The molecule has 0 atom stereocenters. The number of amides is 2. The normalized spacial score (nSPS) is 11.7. The topological polar surface area (TPSA) is 62.3 Å². The molecule has 32 heavy (non-hydrogen) atoms. The molecule has 0 saturated carbocycles. The first-order chi connectivity index (χ1) is 15.1. The molecule has 3 rings (SSSR count). The van der Waals surface area contributed by atoms with Crippen LogP contribution in [0.25, 0.3) is 10.2 Å². The van der Waals surface area contributed by atoms with Crippen LogP contribution in [0, 0.1) is 5.92 Å². The van der Waals surface area contributed by atoms with E-state index in [-0.39, 0.29) is 29.6 Å². The summed E-state index contributed by atoms with van der Waals surface area (Å²) in [6, 6.07) is 7.96. The fourth-order valence-electron chi connectivity index (χ4n) is 3.06. The van der Waals surface area contributed by atoms with Crippen molar-refractivity contribution in [2.75, 3.05) is 22.6 Å². The second-order valence-corrected chi connectivity index (χ2v) is 8.77. The van der Waals surface area contributed by atoms with Gasteiger partial charge in [-0.2, -0.15) is 13.2 Å². The minimum atomic E-state index is -4.69. The summed E-state index contributed by atoms with van der Waals surface area (Å²) >= 11 is 7.07. The number of hydrogen-bond acceptors (Lipinski definition) is 4. The summed E-state index contributed by atoms with van der Waals surface area (Å²) < 4.78 is 41.5. The molecule has 170 valence electrons. The SMILES string of the molecule is CC(C)CCN(C(=O)CCl)c1cc(C(=O)Nc2ccc3ncsc3c2)cc(C(F)(F)F)c1. The van der Waals surface area contributed by atoms with Gasteiger partial charge in [0.2, 0.25) is 5.91 Å². The van der Waals surface area contributed by atoms with Gasteiger partial charge in [0.25, 0.3) is 5.91 Å². The van der Waals surface area contributed by atoms with Gasteiger partial charge >= 0.3 is 6.18 Å². The molecule has 2 aromatic carbocycles. The minimum Gasteiger partial charge on any atom is -0.322 e. The van der Waals surface area contributed by atoms with Crippen molar-refractivity contribution in [1.82, 2.24) is 4.98 Å². The summed E-state index contributed by atoms with van der Waals surface area (Å²) in [5.41, 5.74) is 1.60. The summed E-state index contributed by atoms with van der Waals surface area (Å²) in [5.74, 6) is -1.42. The van der Waals surface area contributed by atoms with E-state index in [9.17, 15) is 22.8 Å². The number of anilines is 2. The third kappa shape index (κ3) is 5.77. The van der Waals surface area contributed by atoms with Gasteiger partial charge in [0.05, 0.1) is 21.3 Å². The number of fused-ring (bicyclic) bond motifs is 1. The molecule has 0 spiro atoms. The summed E-state index contributed by atoms with van der Waals surface area (Å²) in [6.45, 7) is 4.07. The predicted molar refractivity (Wildman–Crippen MR) is 122 cm³/mol. The molecule has 0 aliphatic heterocycles. The van der Waals surface area contributed by atoms with Crippen LogP contribution < -0.4 is 10.2 Å². The Bertz CT molecular complexity index is 1130. The largest absolute Gasteiger partial charge is 0.416 e. The van der Waals surface area contributed by atoms with Gasteiger partial charge in [0.15, 0.2) is 0 Å². The van der Waals surface area contributed by atoms with Crippen LogP contribution in [0.1, 0.15) is 36.2 Å². The zero-order chi connectivity index (χ0) is 23.5. The number of aromatic nitrogens is 1. The molecule has 3 aromatic rings. The van der Waals surface area contributed by atoms with E-state index < -0.39 is 23.6 Å². The van der Waals surface area contributed by atoms with Crippen molar-refractivity contribution in [3.05, 3.63) is 53.0 Å². The van der Waals surface area contributed by atoms with Crippen LogP contribution in [-0.2, 0) is 11.0 Å². The van der Waals surface area contributed by atoms with Crippen LogP contribution in [-0.4, -0.2) is 29.2 Å². The van der Waals surface area contributed by atoms with Crippen LogP contribution in [0.2, 0.25) is 0 Å². The van der Waals surface area contributed by atoms with Gasteiger partial charge < -0.3 is 10.2 Å². The van der Waals surface area contributed by atoms with Gasteiger partial charge in [-0.3, -0.25) is 9.59 Å². The number of carbonyl (C=O) groups is 2. The first kappa shape index (κ1) is 24.0. The Morgan fingerprint density at radius 3 is 2.59 bits per heavy atom. The lowest BCUT2D eigenvalue weighted by atomic mass is 10.1. The van der Waals surface area contributed by atoms with E-state index in [1.807, 2.05) is 13.8 Å². The van der Waals surface area contributed by atoms with E-state index >= 15 is 0 Å². The number of nitrogens with one attached hydrogen (secondary N) is 1. The van der Waals surface area contributed by atoms with E-state index in [1.165, 1.54) is 22.3 Å². The van der Waals surface area contributed by atoms with E-state index in [4.69, 9.17) is 11.6 Å². The van der Waals surface area contributed by atoms with Crippen LogP contribution in [0.5, 0.6) is 0 Å². The highest BCUT2D eigenvalue weighted by atomic mass is 35.5. The minimum absolute atomic E-state index is 0.0193. The third-order valence-electron chi connectivity index (χ3n) is 4.75. The average molecular weight is 484 g/mol. The highest BCUT2D eigenvalue weighted by molar-refractivity contribution is 7.16. The number of rotatable bonds is 7. The zero-order valence-electron chi connectivity index (χ0n) is 17.4. The molecule has 0 bridgehead atoms. The number of nitrogens with zero attached hydrogens (tertiary/aromatic N) is 2. The van der Waals surface area contributed by atoms with Crippen LogP contribution in [0.4, 0.5) is 24.5 Å². The average Bonchev–Trinajstić information content (AvgIpc) is 3.20. The predicted octanol–water partition coefficient (Wildman–Crippen LogP) is 6.19. The number of alkyl halides is 4. The van der Waals surface area contributed by atoms with Crippen molar-refractivity contribution in [2.45, 2.75) is 26.4 Å². The zero-order valence-corrected chi connectivity index (χ0v) is 18.9. The van der Waals surface area contributed by atoms with Crippen molar-refractivity contribution in [2.24, 2.45) is 5.92 Å². The highest BCUT2D eigenvalue weighted by Gasteiger charge is 2.33. The Morgan fingerprint density at radius 2 is 1.94 bits per heavy atom. The second-order valence-electron chi connectivity index (χ2n) is 7.62. The molecular formula is C22H21ClF3N3O2S. The fraction of sp³-hybridized carbons (Fsp3) is 0.318. The molecule has 1 heterocycles. The maximum atomic E-state index is 13.6. The number of thiazole rings is 1. The van der Waals surface area contributed by atoms with Gasteiger partial charge in [-0.05, 0) is 48.7 Å². The van der Waals surface area contributed by atoms with E-state index in [0.29, 0.717) is 12.1 Å². The molecule has 1 aromatic heterocycles. The lowest BCUT2D eigenvalue weighted by molar-refractivity contribution is -0.137. The molecule has 5 nitrogen and oxygen atoms in total. The Hall–Kier alpha value is -2.65. The van der Waals surface area contributed by atoms with E-state index in [0.717, 1.165) is 22.3 Å². The first-order valence-corrected chi connectivity index (χ1v) is 11.2. The molecule has 0 aliphatic carbocycles. The lowest BCUT2D eigenvalue weighted by Gasteiger charge is -2.24. The monoisotopic (exact) mass is 483 g/mol. The van der Waals surface area contributed by atoms with Crippen LogP contribution in [0.3, 0.4) is 0 Å². The van der Waals surface area contributed by atoms with Gasteiger partial charge in [0, 0.05) is 23.5 Å². The molecule has 0 radical (unpaired) electrons. The maximum absolute atomic E-state index is 13.6. The summed E-state index contributed by atoms with van der Waals surface area (Å²) in [7, 11) is 0. The van der Waals surface area contributed by atoms with Gasteiger partial charge in [0.1, 0.15) is 5.88 Å². The highest BCUT2D eigenvalue weighted by Crippen LogP contribution is 2.34. The first-order valence-electron chi connectivity index (χ1n) is 9.81. The second kappa shape index (κ2) is 9.87. The molecule has 10 heteroatoms. The van der Waals surface area contributed by atoms with Crippen molar-refractivity contribution >= 4 is 56.3 Å². The maximum Gasteiger partial charge on any atom is 0.416 e. The fourth-order valence-corrected chi connectivity index (χ4v) is 3.92. The van der Waals surface area contributed by atoms with Crippen LogP contribution >= 0.6 is 22.9 Å². The molecule has 0 saturated heterocycles. The summed E-state index contributed by atoms with van der Waals surface area (Å²) in [6.07, 6.45) is -4.13. The molecule has 2 amide bonds. The lowest BCUT2D eigenvalue weighted by Crippen LogP contribution is -2.34. The number of benzene rings is 2. The number of hydrogen-bond donors (Lipinski definition) is 1. The Labute approximate surface area is 192 Å². The van der Waals surface area contributed by atoms with Gasteiger partial charge in [-0.25, -0.2) is 4.98 Å². The standard InChI is InChI=1S/C22H21ClF3N3O2S/c1-13(2)5-6-29(20(30)11-23)17-8-14(7-15(9-17)22(24,25)26)21(31)28-16-3-4-18-19(10-16)32-12-27-18/h3-4,7-10,12-13H,5-6,11H2,1-2H3,(H,28,31). The molecule has 1 N–H and O–H groups in total. The van der Waals surface area contributed by atoms with Crippen LogP contribution in [0.15, 0.2) is 41.9 Å². The molecular weight excluding hydrogens is 463 g/mol. The molecule has 0 fully saturated rings. The summed E-state index contributed by atoms with van der Waals surface area (Å²) in [5, 5.41) is 2.62. The Kier molecular flexibility index (Phi) is 7.40. The smallest absolute Gasteiger partial charge is 0.322 e. The van der Waals surface area contributed by atoms with Crippen molar-refractivity contribution < 1.29 is 22.8 Å². The Balaban J connectivity index is 1.98. The molecule has 0 aliphatic rings. The number of carbonyl (C=O) groups excluding carboxylic acids is 2. The molecule has 0 unspecified atom stereocenters. The van der Waals surface area contributed by atoms with E-state index in [2.05, 4.69) is 10.3 Å². The van der Waals surface area contributed by atoms with Gasteiger partial charge in [-0.1, -0.05) is 13.8 Å². The summed E-state index contributed by atoms with van der Waals surface area (Å²) in [4.78, 5) is 30.5. The van der Waals surface area contributed by atoms with Crippen molar-refractivity contribution in [3.63, 3.8) is 0 Å². The Morgan fingerprint density at radius 1 is 1.19 bits per heavy atom. The third-order valence-corrected chi connectivity index (χ3v) is 5.77. The van der Waals surface area contributed by atoms with Gasteiger partial charge in [-0.15, -0.1) is 22.9 Å². The van der Waals surface area contributed by atoms with Crippen molar-refractivity contribution in [3.8, 4) is 0 Å². The van der Waals surface area contributed by atoms with E-state index in [1.54, 1.807) is 23.7 Å².